The Morgan fingerprint density at radius 3 is 2.60 bits per heavy atom. The standard InChI is InChI=1S/C11H23NO2S/c1-4-5-6-8-12(2)10(11(13)14)7-9-15-3/h10H,4-9H2,1-3H3,(H,13,14). The van der Waals surface area contributed by atoms with E-state index in [-0.39, 0.29) is 6.04 Å². The Morgan fingerprint density at radius 1 is 1.47 bits per heavy atom. The fourth-order valence-corrected chi connectivity index (χ4v) is 1.99. The van der Waals surface area contributed by atoms with Crippen LogP contribution in [0.3, 0.4) is 0 Å². The maximum Gasteiger partial charge on any atom is 0.320 e. The summed E-state index contributed by atoms with van der Waals surface area (Å²) in [5.41, 5.74) is 0. The Bertz CT molecular complexity index is 176. The van der Waals surface area contributed by atoms with Gasteiger partial charge in [0.25, 0.3) is 0 Å². The minimum Gasteiger partial charge on any atom is -0.480 e. The average molecular weight is 233 g/mol. The van der Waals surface area contributed by atoms with E-state index >= 15 is 0 Å². The third-order valence-corrected chi connectivity index (χ3v) is 3.17. The van der Waals surface area contributed by atoms with Crippen molar-refractivity contribution in [2.45, 2.75) is 38.6 Å². The number of aliphatic carboxylic acids is 1. The highest BCUT2D eigenvalue weighted by Gasteiger charge is 2.21. The number of rotatable bonds is 9. The second-order valence-electron chi connectivity index (χ2n) is 3.82. The highest BCUT2D eigenvalue weighted by atomic mass is 32.2. The van der Waals surface area contributed by atoms with Gasteiger partial charge >= 0.3 is 5.97 Å². The van der Waals surface area contributed by atoms with Crippen molar-refractivity contribution in [3.63, 3.8) is 0 Å². The molecule has 0 aliphatic carbocycles. The Kier molecular flexibility index (Phi) is 8.91. The quantitative estimate of drug-likeness (QED) is 0.620. The molecule has 0 fully saturated rings. The summed E-state index contributed by atoms with van der Waals surface area (Å²) in [4.78, 5) is 13.0. The van der Waals surface area contributed by atoms with Gasteiger partial charge in [0.05, 0.1) is 0 Å². The molecule has 0 spiro atoms. The molecule has 3 nitrogen and oxygen atoms in total. The maximum atomic E-state index is 11.0. The van der Waals surface area contributed by atoms with E-state index in [0.717, 1.165) is 25.1 Å². The van der Waals surface area contributed by atoms with Crippen molar-refractivity contribution in [3.05, 3.63) is 0 Å². The van der Waals surface area contributed by atoms with Crippen molar-refractivity contribution in [1.29, 1.82) is 0 Å². The molecule has 90 valence electrons. The van der Waals surface area contributed by atoms with Gasteiger partial charge in [0.2, 0.25) is 0 Å². The van der Waals surface area contributed by atoms with Crippen molar-refractivity contribution in [1.82, 2.24) is 4.90 Å². The SMILES string of the molecule is CCCCCN(C)C(CCSC)C(=O)O. The van der Waals surface area contributed by atoms with Crippen LogP contribution in [0.2, 0.25) is 0 Å². The molecule has 0 aliphatic rings. The maximum absolute atomic E-state index is 11.0. The summed E-state index contributed by atoms with van der Waals surface area (Å²) < 4.78 is 0. The van der Waals surface area contributed by atoms with Gasteiger partial charge < -0.3 is 5.11 Å². The Balaban J connectivity index is 3.93. The first-order valence-corrected chi connectivity index (χ1v) is 6.94. The zero-order chi connectivity index (χ0) is 11.7. The first-order chi connectivity index (χ1) is 7.13. The second-order valence-corrected chi connectivity index (χ2v) is 4.81. The molecular weight excluding hydrogens is 210 g/mol. The molecule has 1 unspecified atom stereocenters. The second kappa shape index (κ2) is 9.04. The largest absolute Gasteiger partial charge is 0.480 e. The molecule has 0 radical (unpaired) electrons. The lowest BCUT2D eigenvalue weighted by Gasteiger charge is -2.24. The van der Waals surface area contributed by atoms with Crippen LogP contribution in [0.1, 0.15) is 32.6 Å². The first-order valence-electron chi connectivity index (χ1n) is 5.55. The van der Waals surface area contributed by atoms with E-state index in [1.807, 2.05) is 18.2 Å². The smallest absolute Gasteiger partial charge is 0.320 e. The van der Waals surface area contributed by atoms with Crippen LogP contribution >= 0.6 is 11.8 Å². The number of likely N-dealkylation sites (N-methyl/N-ethyl adjacent to an activating group) is 1. The fourth-order valence-electron chi connectivity index (χ4n) is 1.53. The lowest BCUT2D eigenvalue weighted by atomic mass is 10.2. The molecule has 4 heteroatoms. The lowest BCUT2D eigenvalue weighted by Crippen LogP contribution is -2.39. The summed E-state index contributed by atoms with van der Waals surface area (Å²) in [6.07, 6.45) is 6.20. The topological polar surface area (TPSA) is 40.5 Å². The number of carbonyl (C=O) groups is 1. The van der Waals surface area contributed by atoms with E-state index in [1.165, 1.54) is 12.8 Å². The van der Waals surface area contributed by atoms with Gasteiger partial charge in [0.15, 0.2) is 0 Å². The highest BCUT2D eigenvalue weighted by molar-refractivity contribution is 7.98. The van der Waals surface area contributed by atoms with Gasteiger partial charge in [-0.3, -0.25) is 9.69 Å². The number of thioether (sulfide) groups is 1. The fraction of sp³-hybridized carbons (Fsp3) is 0.909. The Labute approximate surface area is 97.2 Å². The third-order valence-electron chi connectivity index (χ3n) is 2.53. The van der Waals surface area contributed by atoms with Crippen molar-refractivity contribution in [3.8, 4) is 0 Å². The summed E-state index contributed by atoms with van der Waals surface area (Å²) in [5.74, 6) is 0.220. The zero-order valence-electron chi connectivity index (χ0n) is 10.0. The van der Waals surface area contributed by atoms with Crippen molar-refractivity contribution >= 4 is 17.7 Å². The van der Waals surface area contributed by atoms with Crippen LogP contribution in [0.5, 0.6) is 0 Å². The van der Waals surface area contributed by atoms with Gasteiger partial charge in [-0.1, -0.05) is 19.8 Å². The van der Waals surface area contributed by atoms with Crippen LogP contribution in [0, 0.1) is 0 Å². The van der Waals surface area contributed by atoms with E-state index < -0.39 is 5.97 Å². The molecule has 0 saturated heterocycles. The van der Waals surface area contributed by atoms with Crippen LogP contribution < -0.4 is 0 Å². The molecule has 0 aromatic heterocycles. The number of nitrogens with zero attached hydrogens (tertiary/aromatic N) is 1. The molecule has 1 N–H and O–H groups in total. The lowest BCUT2D eigenvalue weighted by molar-refractivity contribution is -0.142. The minimum absolute atomic E-state index is 0.311. The summed E-state index contributed by atoms with van der Waals surface area (Å²) in [6.45, 7) is 3.04. The first kappa shape index (κ1) is 14.8. The van der Waals surface area contributed by atoms with Crippen molar-refractivity contribution in [2.24, 2.45) is 0 Å². The minimum atomic E-state index is -0.692. The predicted octanol–water partition coefficient (Wildman–Crippen LogP) is 2.31. The average Bonchev–Trinajstić information content (AvgIpc) is 2.18. The molecular formula is C11H23NO2S. The van der Waals surface area contributed by atoms with Gasteiger partial charge in [-0.2, -0.15) is 11.8 Å². The van der Waals surface area contributed by atoms with Gasteiger partial charge in [-0.25, -0.2) is 0 Å². The number of hydrogen-bond donors (Lipinski definition) is 1. The predicted molar refractivity (Wildman–Crippen MR) is 66.6 cm³/mol. The van der Waals surface area contributed by atoms with E-state index in [9.17, 15) is 4.79 Å². The Morgan fingerprint density at radius 2 is 2.13 bits per heavy atom. The normalized spacial score (nSPS) is 13.1. The zero-order valence-corrected chi connectivity index (χ0v) is 10.8. The molecule has 0 saturated carbocycles. The van der Waals surface area contributed by atoms with Crippen LogP contribution in [-0.2, 0) is 4.79 Å². The molecule has 0 aliphatic heterocycles. The monoisotopic (exact) mass is 233 g/mol. The number of unbranched alkanes of at least 4 members (excludes halogenated alkanes) is 2. The van der Waals surface area contributed by atoms with Crippen LogP contribution in [0.15, 0.2) is 0 Å². The summed E-state index contributed by atoms with van der Waals surface area (Å²) in [7, 11) is 1.91. The molecule has 0 aromatic rings. The van der Waals surface area contributed by atoms with Crippen LogP contribution in [0.4, 0.5) is 0 Å². The molecule has 15 heavy (non-hydrogen) atoms. The number of hydrogen-bond acceptors (Lipinski definition) is 3. The highest BCUT2D eigenvalue weighted by Crippen LogP contribution is 2.08. The van der Waals surface area contributed by atoms with Crippen LogP contribution in [-0.4, -0.2) is 47.6 Å². The van der Waals surface area contributed by atoms with Gasteiger partial charge in [0.1, 0.15) is 6.04 Å². The van der Waals surface area contributed by atoms with Crippen molar-refractivity contribution < 1.29 is 9.90 Å². The van der Waals surface area contributed by atoms with Gasteiger partial charge in [-0.15, -0.1) is 0 Å². The van der Waals surface area contributed by atoms with E-state index in [4.69, 9.17) is 5.11 Å². The third kappa shape index (κ3) is 6.79. The van der Waals surface area contributed by atoms with Gasteiger partial charge in [-0.05, 0) is 38.4 Å². The summed E-state index contributed by atoms with van der Waals surface area (Å²) in [5, 5.41) is 9.08. The molecule has 0 heterocycles. The summed E-state index contributed by atoms with van der Waals surface area (Å²) >= 11 is 1.70. The molecule has 1 atom stereocenters. The molecule has 0 amide bonds. The molecule has 0 aromatic carbocycles. The summed E-state index contributed by atoms with van der Waals surface area (Å²) in [6, 6.07) is -0.311. The molecule has 0 bridgehead atoms. The van der Waals surface area contributed by atoms with E-state index in [1.54, 1.807) is 11.8 Å². The van der Waals surface area contributed by atoms with E-state index in [0.29, 0.717) is 0 Å². The molecule has 0 rings (SSSR count). The van der Waals surface area contributed by atoms with Crippen LogP contribution in [0.25, 0.3) is 0 Å². The van der Waals surface area contributed by atoms with Crippen molar-refractivity contribution in [2.75, 3.05) is 25.6 Å². The number of carboxylic acids is 1. The van der Waals surface area contributed by atoms with Gasteiger partial charge in [0, 0.05) is 0 Å². The number of carboxylic acid groups (broad SMARTS) is 1. The van der Waals surface area contributed by atoms with E-state index in [2.05, 4.69) is 6.92 Å². The Hall–Kier alpha value is -0.220.